The Morgan fingerprint density at radius 3 is 2.47 bits per heavy atom. The molecular weight excluding hydrogens is 291 g/mol. The van der Waals surface area contributed by atoms with Crippen LogP contribution in [0.4, 0.5) is 13.2 Å². The third kappa shape index (κ3) is 1.91. The number of hydrogen-bond acceptors (Lipinski definition) is 2. The molecule has 0 unspecified atom stereocenters. The number of hydrogen-bond donors (Lipinski definition) is 0. The van der Waals surface area contributed by atoms with E-state index in [-0.39, 0.29) is 11.3 Å². The van der Waals surface area contributed by atoms with Crippen LogP contribution in [0.5, 0.6) is 0 Å². The van der Waals surface area contributed by atoms with Gasteiger partial charge in [-0.15, -0.1) is 11.3 Å². The molecule has 15 heavy (non-hydrogen) atoms. The average molecular weight is 294 g/mol. The maximum absolute atomic E-state index is 13.3. The highest BCUT2D eigenvalue weighted by atomic mass is 79.9. The van der Waals surface area contributed by atoms with Gasteiger partial charge in [0.05, 0.1) is 5.69 Å². The first-order chi connectivity index (χ1) is 7.09. The van der Waals surface area contributed by atoms with Crippen molar-refractivity contribution >= 4 is 27.3 Å². The summed E-state index contributed by atoms with van der Waals surface area (Å²) < 4.78 is 39.4. The van der Waals surface area contributed by atoms with Gasteiger partial charge in [-0.1, -0.05) is 0 Å². The van der Waals surface area contributed by atoms with E-state index in [0.717, 1.165) is 12.1 Å². The van der Waals surface area contributed by atoms with Crippen molar-refractivity contribution in [1.29, 1.82) is 0 Å². The Hall–Kier alpha value is -0.880. The molecular formula is C9H3BrF3NS. The number of benzene rings is 1. The van der Waals surface area contributed by atoms with Gasteiger partial charge in [0.1, 0.15) is 0 Å². The van der Waals surface area contributed by atoms with E-state index >= 15 is 0 Å². The highest BCUT2D eigenvalue weighted by Gasteiger charge is 2.16. The molecule has 0 spiro atoms. The molecule has 1 aromatic carbocycles. The molecule has 0 aliphatic heterocycles. The Morgan fingerprint density at radius 2 is 1.87 bits per heavy atom. The Morgan fingerprint density at radius 1 is 1.13 bits per heavy atom. The first-order valence-electron chi connectivity index (χ1n) is 3.84. The quantitative estimate of drug-likeness (QED) is 0.725. The Labute approximate surface area is 95.7 Å². The minimum absolute atomic E-state index is 0.0455. The molecule has 6 heteroatoms. The van der Waals surface area contributed by atoms with Crippen LogP contribution in [-0.4, -0.2) is 4.98 Å². The van der Waals surface area contributed by atoms with E-state index in [4.69, 9.17) is 0 Å². The summed E-state index contributed by atoms with van der Waals surface area (Å²) in [6.45, 7) is 0. The lowest BCUT2D eigenvalue weighted by molar-refractivity contribution is 0.449. The van der Waals surface area contributed by atoms with Crippen molar-refractivity contribution in [2.45, 2.75) is 0 Å². The van der Waals surface area contributed by atoms with Crippen molar-refractivity contribution in [3.8, 4) is 11.3 Å². The number of rotatable bonds is 1. The van der Waals surface area contributed by atoms with Crippen molar-refractivity contribution in [3.05, 3.63) is 38.9 Å². The second-order valence-electron chi connectivity index (χ2n) is 2.71. The van der Waals surface area contributed by atoms with Gasteiger partial charge in [0.25, 0.3) is 0 Å². The normalized spacial score (nSPS) is 10.7. The smallest absolute Gasteiger partial charge is 0.195 e. The summed E-state index contributed by atoms with van der Waals surface area (Å²) in [6, 6.07) is 2.04. The van der Waals surface area contributed by atoms with Crippen molar-refractivity contribution in [3.63, 3.8) is 0 Å². The Balaban J connectivity index is 2.59. The monoisotopic (exact) mass is 293 g/mol. The molecule has 0 saturated heterocycles. The molecule has 0 N–H and O–H groups in total. The lowest BCUT2D eigenvalue weighted by Gasteiger charge is -2.00. The van der Waals surface area contributed by atoms with Gasteiger partial charge < -0.3 is 0 Å². The molecule has 0 bridgehead atoms. The molecule has 2 aromatic rings. The van der Waals surface area contributed by atoms with E-state index in [9.17, 15) is 13.2 Å². The van der Waals surface area contributed by atoms with E-state index in [1.54, 1.807) is 5.38 Å². The van der Waals surface area contributed by atoms with E-state index in [1.165, 1.54) is 11.3 Å². The van der Waals surface area contributed by atoms with E-state index < -0.39 is 17.5 Å². The molecule has 78 valence electrons. The van der Waals surface area contributed by atoms with Gasteiger partial charge in [0, 0.05) is 10.9 Å². The molecule has 1 nitrogen and oxygen atoms in total. The minimum Gasteiger partial charge on any atom is -0.229 e. The predicted octanol–water partition coefficient (Wildman–Crippen LogP) is 3.99. The molecule has 0 amide bonds. The lowest BCUT2D eigenvalue weighted by Crippen LogP contribution is -1.93. The largest absolute Gasteiger partial charge is 0.229 e. The minimum atomic E-state index is -1.48. The molecule has 2 rings (SSSR count). The highest BCUT2D eigenvalue weighted by Crippen LogP contribution is 2.28. The summed E-state index contributed by atoms with van der Waals surface area (Å²) >= 11 is 4.34. The third-order valence-corrected chi connectivity index (χ3v) is 3.15. The lowest BCUT2D eigenvalue weighted by atomic mass is 10.1. The van der Waals surface area contributed by atoms with Crippen LogP contribution in [-0.2, 0) is 0 Å². The zero-order valence-electron chi connectivity index (χ0n) is 7.10. The molecule has 0 radical (unpaired) electrons. The van der Waals surface area contributed by atoms with E-state index in [1.807, 2.05) is 0 Å². The highest BCUT2D eigenvalue weighted by molar-refractivity contribution is 9.11. The molecule has 0 fully saturated rings. The summed E-state index contributed by atoms with van der Waals surface area (Å²) in [4.78, 5) is 3.92. The fourth-order valence-corrected chi connectivity index (χ4v) is 2.11. The molecule has 0 aliphatic carbocycles. The van der Waals surface area contributed by atoms with Crippen molar-refractivity contribution in [1.82, 2.24) is 4.98 Å². The second-order valence-corrected chi connectivity index (χ2v) is 4.84. The molecule has 0 atom stereocenters. The number of aromatic nitrogens is 1. The van der Waals surface area contributed by atoms with Gasteiger partial charge in [-0.25, -0.2) is 18.2 Å². The second kappa shape index (κ2) is 3.94. The van der Waals surface area contributed by atoms with Crippen LogP contribution in [0.15, 0.2) is 21.4 Å². The van der Waals surface area contributed by atoms with E-state index in [0.29, 0.717) is 3.92 Å². The van der Waals surface area contributed by atoms with Crippen molar-refractivity contribution < 1.29 is 13.2 Å². The topological polar surface area (TPSA) is 12.9 Å². The van der Waals surface area contributed by atoms with Crippen molar-refractivity contribution in [2.24, 2.45) is 0 Å². The standard InChI is InChI=1S/C9H3BrF3NS/c10-9-14-6(3-15-9)4-1-2-5(11)8(13)7(4)12/h1-3H. The van der Waals surface area contributed by atoms with Crippen LogP contribution in [0, 0.1) is 17.5 Å². The third-order valence-electron chi connectivity index (χ3n) is 1.79. The van der Waals surface area contributed by atoms with Gasteiger partial charge in [-0.05, 0) is 28.1 Å². The van der Waals surface area contributed by atoms with Crippen LogP contribution in [0.2, 0.25) is 0 Å². The zero-order chi connectivity index (χ0) is 11.0. The fraction of sp³-hybridized carbons (Fsp3) is 0. The number of thiazole rings is 1. The van der Waals surface area contributed by atoms with Gasteiger partial charge in [-0.3, -0.25) is 0 Å². The van der Waals surface area contributed by atoms with Crippen LogP contribution in [0.25, 0.3) is 11.3 Å². The van der Waals surface area contributed by atoms with Crippen LogP contribution >= 0.6 is 27.3 Å². The van der Waals surface area contributed by atoms with Gasteiger partial charge in [0.15, 0.2) is 21.4 Å². The molecule has 0 aliphatic rings. The Bertz CT molecular complexity index is 512. The Kier molecular flexibility index (Phi) is 2.79. The SMILES string of the molecule is Fc1ccc(-c2csc(Br)n2)c(F)c1F. The maximum Gasteiger partial charge on any atom is 0.195 e. The summed E-state index contributed by atoms with van der Waals surface area (Å²) in [7, 11) is 0. The van der Waals surface area contributed by atoms with Crippen molar-refractivity contribution in [2.75, 3.05) is 0 Å². The fourth-order valence-electron chi connectivity index (χ4n) is 1.10. The van der Waals surface area contributed by atoms with Crippen LogP contribution in [0.1, 0.15) is 0 Å². The summed E-state index contributed by atoms with van der Waals surface area (Å²) in [5, 5.41) is 1.56. The molecule has 0 saturated carbocycles. The van der Waals surface area contributed by atoms with Gasteiger partial charge >= 0.3 is 0 Å². The average Bonchev–Trinajstić information content (AvgIpc) is 2.61. The summed E-state index contributed by atoms with van der Waals surface area (Å²) in [6.07, 6.45) is 0. The maximum atomic E-state index is 13.3. The van der Waals surface area contributed by atoms with Gasteiger partial charge in [0.2, 0.25) is 0 Å². The first-order valence-corrected chi connectivity index (χ1v) is 5.51. The van der Waals surface area contributed by atoms with Gasteiger partial charge in [-0.2, -0.15) is 0 Å². The summed E-state index contributed by atoms with van der Waals surface area (Å²) in [5.41, 5.74) is 0.235. The number of halogens is 4. The zero-order valence-corrected chi connectivity index (χ0v) is 9.50. The predicted molar refractivity (Wildman–Crippen MR) is 55.1 cm³/mol. The van der Waals surface area contributed by atoms with Crippen LogP contribution < -0.4 is 0 Å². The first kappa shape index (κ1) is 10.6. The summed E-state index contributed by atoms with van der Waals surface area (Å²) in [5.74, 6) is -3.89. The molecule has 1 heterocycles. The molecule has 1 aromatic heterocycles. The number of nitrogens with zero attached hydrogens (tertiary/aromatic N) is 1. The van der Waals surface area contributed by atoms with Crippen LogP contribution in [0.3, 0.4) is 0 Å². The van der Waals surface area contributed by atoms with E-state index in [2.05, 4.69) is 20.9 Å².